The van der Waals surface area contributed by atoms with Gasteiger partial charge in [-0.15, -0.1) is 5.10 Å². The molecule has 22 heavy (non-hydrogen) atoms. The van der Waals surface area contributed by atoms with Gasteiger partial charge < -0.3 is 15.6 Å². The molecule has 0 unspecified atom stereocenters. The number of aliphatic carboxylic acids is 1. The van der Waals surface area contributed by atoms with E-state index in [0.717, 1.165) is 12.0 Å². The second-order valence-electron chi connectivity index (χ2n) is 4.82. The van der Waals surface area contributed by atoms with Crippen molar-refractivity contribution < 1.29 is 14.6 Å². The van der Waals surface area contributed by atoms with Crippen molar-refractivity contribution in [3.8, 4) is 17.1 Å². The Balaban J connectivity index is 2.13. The summed E-state index contributed by atoms with van der Waals surface area (Å²) >= 11 is 0. The average molecular weight is 305 g/mol. The van der Waals surface area contributed by atoms with Gasteiger partial charge in [0.05, 0.1) is 12.3 Å². The topological polar surface area (TPSA) is 116 Å². The van der Waals surface area contributed by atoms with Crippen LogP contribution in [-0.2, 0) is 11.3 Å². The summed E-state index contributed by atoms with van der Waals surface area (Å²) in [5.74, 6) is 0.353. The molecule has 8 heteroatoms. The molecule has 3 N–H and O–H groups in total. The lowest BCUT2D eigenvalue weighted by atomic mass is 10.1. The van der Waals surface area contributed by atoms with Crippen LogP contribution < -0.4 is 10.5 Å². The van der Waals surface area contributed by atoms with Gasteiger partial charge in [-0.1, -0.05) is 6.92 Å². The molecule has 0 atom stereocenters. The molecule has 2 rings (SSSR count). The summed E-state index contributed by atoms with van der Waals surface area (Å²) in [4.78, 5) is 10.6. The minimum absolute atomic E-state index is 0.0746. The maximum atomic E-state index is 10.6. The zero-order valence-electron chi connectivity index (χ0n) is 12.4. The summed E-state index contributed by atoms with van der Waals surface area (Å²) in [5.41, 5.74) is 7.26. The van der Waals surface area contributed by atoms with Crippen molar-refractivity contribution >= 4 is 11.7 Å². The van der Waals surface area contributed by atoms with Crippen molar-refractivity contribution in [2.45, 2.75) is 32.7 Å². The van der Waals surface area contributed by atoms with E-state index in [1.54, 1.807) is 16.8 Å². The first-order valence-corrected chi connectivity index (χ1v) is 7.12. The molecule has 0 fully saturated rings. The van der Waals surface area contributed by atoms with Crippen LogP contribution in [-0.4, -0.2) is 37.9 Å². The highest BCUT2D eigenvalue weighted by atomic mass is 16.5. The zero-order valence-corrected chi connectivity index (χ0v) is 12.4. The molecule has 0 aliphatic heterocycles. The smallest absolute Gasteiger partial charge is 0.303 e. The van der Waals surface area contributed by atoms with Crippen LogP contribution in [0.25, 0.3) is 11.4 Å². The number of carboxylic acids is 1. The first-order valence-electron chi connectivity index (χ1n) is 7.12. The van der Waals surface area contributed by atoms with Gasteiger partial charge in [-0.3, -0.25) is 4.79 Å². The summed E-state index contributed by atoms with van der Waals surface area (Å²) < 4.78 is 7.10. The molecule has 1 heterocycles. The Morgan fingerprint density at radius 1 is 1.45 bits per heavy atom. The van der Waals surface area contributed by atoms with Crippen LogP contribution in [0.4, 0.5) is 5.69 Å². The Kier molecular flexibility index (Phi) is 5.29. The number of rotatable bonds is 8. The number of benzene rings is 1. The van der Waals surface area contributed by atoms with Gasteiger partial charge >= 0.3 is 5.97 Å². The maximum Gasteiger partial charge on any atom is 0.303 e. The van der Waals surface area contributed by atoms with Crippen LogP contribution in [0.3, 0.4) is 0 Å². The number of carbonyl (C=O) groups is 1. The summed E-state index contributed by atoms with van der Waals surface area (Å²) in [7, 11) is 0. The largest absolute Gasteiger partial charge is 0.491 e. The van der Waals surface area contributed by atoms with E-state index in [1.807, 2.05) is 13.0 Å². The van der Waals surface area contributed by atoms with E-state index in [2.05, 4.69) is 15.5 Å². The van der Waals surface area contributed by atoms with Crippen molar-refractivity contribution in [1.29, 1.82) is 0 Å². The van der Waals surface area contributed by atoms with E-state index in [4.69, 9.17) is 15.6 Å². The number of tetrazole rings is 1. The van der Waals surface area contributed by atoms with Crippen molar-refractivity contribution in [3.05, 3.63) is 18.2 Å². The molecular weight excluding hydrogens is 286 g/mol. The van der Waals surface area contributed by atoms with E-state index >= 15 is 0 Å². The van der Waals surface area contributed by atoms with Crippen molar-refractivity contribution in [3.63, 3.8) is 0 Å². The SMILES string of the molecule is CCCOc1ccc(-c2nnnn2CCCC(=O)O)cc1N. The number of hydrogen-bond donors (Lipinski definition) is 2. The molecule has 1 aromatic heterocycles. The highest BCUT2D eigenvalue weighted by Crippen LogP contribution is 2.27. The standard InChI is InChI=1S/C14H19N5O3/c1-2-8-22-12-6-5-10(9-11(12)15)14-16-17-18-19(14)7-3-4-13(20)21/h5-6,9H,2-4,7-8,15H2,1H3,(H,20,21). The van der Waals surface area contributed by atoms with E-state index in [0.29, 0.717) is 36.8 Å². The lowest BCUT2D eigenvalue weighted by Crippen LogP contribution is -2.06. The van der Waals surface area contributed by atoms with Gasteiger partial charge in [0.15, 0.2) is 5.82 Å². The van der Waals surface area contributed by atoms with Crippen molar-refractivity contribution in [1.82, 2.24) is 20.2 Å². The lowest BCUT2D eigenvalue weighted by Gasteiger charge is -2.09. The predicted octanol–water partition coefficient (Wildman–Crippen LogP) is 1.58. The minimum Gasteiger partial charge on any atom is -0.491 e. The number of hydrogen-bond acceptors (Lipinski definition) is 6. The number of aromatic nitrogens is 4. The van der Waals surface area contributed by atoms with Crippen LogP contribution in [0.2, 0.25) is 0 Å². The Morgan fingerprint density at radius 2 is 2.27 bits per heavy atom. The fraction of sp³-hybridized carbons (Fsp3) is 0.429. The van der Waals surface area contributed by atoms with Gasteiger partial charge in [0.1, 0.15) is 5.75 Å². The second kappa shape index (κ2) is 7.39. The van der Waals surface area contributed by atoms with Gasteiger partial charge in [-0.2, -0.15) is 0 Å². The monoisotopic (exact) mass is 305 g/mol. The molecule has 0 aliphatic carbocycles. The fourth-order valence-corrected chi connectivity index (χ4v) is 1.97. The fourth-order valence-electron chi connectivity index (χ4n) is 1.97. The van der Waals surface area contributed by atoms with Gasteiger partial charge in [0.2, 0.25) is 0 Å². The quantitative estimate of drug-likeness (QED) is 0.711. The molecule has 0 bridgehead atoms. The Bertz CT molecular complexity index is 641. The summed E-state index contributed by atoms with van der Waals surface area (Å²) in [5, 5.41) is 20.2. The number of nitrogens with two attached hydrogens (primary N) is 1. The average Bonchev–Trinajstić information content (AvgIpc) is 2.94. The molecule has 0 radical (unpaired) electrons. The number of aryl methyl sites for hydroxylation is 1. The number of nitrogens with zero attached hydrogens (tertiary/aromatic N) is 4. The number of ether oxygens (including phenoxy) is 1. The van der Waals surface area contributed by atoms with Crippen LogP contribution in [0.1, 0.15) is 26.2 Å². The number of nitrogen functional groups attached to an aromatic ring is 1. The lowest BCUT2D eigenvalue weighted by molar-refractivity contribution is -0.137. The third kappa shape index (κ3) is 3.94. The molecule has 1 aromatic carbocycles. The van der Waals surface area contributed by atoms with E-state index < -0.39 is 5.97 Å². The van der Waals surface area contributed by atoms with E-state index in [-0.39, 0.29) is 6.42 Å². The van der Waals surface area contributed by atoms with Crippen LogP contribution in [0.15, 0.2) is 18.2 Å². The molecule has 0 amide bonds. The molecule has 2 aromatic rings. The molecule has 0 spiro atoms. The summed E-state index contributed by atoms with van der Waals surface area (Å²) in [6, 6.07) is 5.38. The number of anilines is 1. The van der Waals surface area contributed by atoms with Crippen LogP contribution in [0.5, 0.6) is 5.75 Å². The van der Waals surface area contributed by atoms with Gasteiger partial charge in [-0.25, -0.2) is 4.68 Å². The van der Waals surface area contributed by atoms with Crippen LogP contribution in [0, 0.1) is 0 Å². The molecular formula is C14H19N5O3. The molecule has 0 saturated carbocycles. The molecule has 8 nitrogen and oxygen atoms in total. The van der Waals surface area contributed by atoms with Crippen molar-refractivity contribution in [2.75, 3.05) is 12.3 Å². The maximum absolute atomic E-state index is 10.6. The molecule has 0 saturated heterocycles. The van der Waals surface area contributed by atoms with Gasteiger partial charge in [-0.05, 0) is 41.5 Å². The van der Waals surface area contributed by atoms with Crippen molar-refractivity contribution in [2.24, 2.45) is 0 Å². The van der Waals surface area contributed by atoms with Crippen LogP contribution >= 0.6 is 0 Å². The Morgan fingerprint density at radius 3 is 2.95 bits per heavy atom. The minimum atomic E-state index is -0.837. The first-order chi connectivity index (χ1) is 10.6. The predicted molar refractivity (Wildman–Crippen MR) is 80.3 cm³/mol. The molecule has 0 aliphatic rings. The summed E-state index contributed by atoms with van der Waals surface area (Å²) in [6.07, 6.45) is 1.44. The third-order valence-electron chi connectivity index (χ3n) is 3.02. The zero-order chi connectivity index (χ0) is 15.9. The van der Waals surface area contributed by atoms with E-state index in [9.17, 15) is 4.79 Å². The number of carboxylic acid groups (broad SMARTS) is 1. The van der Waals surface area contributed by atoms with Gasteiger partial charge in [0, 0.05) is 18.5 Å². The van der Waals surface area contributed by atoms with E-state index in [1.165, 1.54) is 0 Å². The summed E-state index contributed by atoms with van der Waals surface area (Å²) in [6.45, 7) is 3.06. The second-order valence-corrected chi connectivity index (χ2v) is 4.82. The van der Waals surface area contributed by atoms with Gasteiger partial charge in [0.25, 0.3) is 0 Å². The Labute approximate surface area is 127 Å². The first kappa shape index (κ1) is 15.7. The highest BCUT2D eigenvalue weighted by molar-refractivity contribution is 5.67. The Hall–Kier alpha value is -2.64. The normalized spacial score (nSPS) is 10.6. The highest BCUT2D eigenvalue weighted by Gasteiger charge is 2.11. The third-order valence-corrected chi connectivity index (χ3v) is 3.02. The molecule has 118 valence electrons.